The summed E-state index contributed by atoms with van der Waals surface area (Å²) >= 11 is 15.0. The van der Waals surface area contributed by atoms with Gasteiger partial charge in [0.05, 0.1) is 14.8 Å². The van der Waals surface area contributed by atoms with Crippen molar-refractivity contribution in [1.82, 2.24) is 9.80 Å². The molecular formula is C17H22Cl2IN3O. The first-order chi connectivity index (χ1) is 11.5. The number of alkyl halides is 1. The average Bonchev–Trinajstić information content (AvgIpc) is 3.09. The number of nitrogen functional groups attached to an aromatic ring is 1. The van der Waals surface area contributed by atoms with Crippen molar-refractivity contribution in [2.75, 3.05) is 25.4 Å². The lowest BCUT2D eigenvalue weighted by atomic mass is 10.1. The summed E-state index contributed by atoms with van der Waals surface area (Å²) in [5.41, 5.74) is 7.32. The predicted octanol–water partition coefficient (Wildman–Crippen LogP) is 4.17. The summed E-state index contributed by atoms with van der Waals surface area (Å²) < 4.78 is 0.183. The summed E-state index contributed by atoms with van der Waals surface area (Å²) in [6.07, 6.45) is 4.48. The number of nitrogens with two attached hydrogens (primary N) is 1. The molecule has 4 nitrogen and oxygen atoms in total. The number of piperazine rings is 1. The molecule has 0 unspecified atom stereocenters. The van der Waals surface area contributed by atoms with E-state index in [9.17, 15) is 4.79 Å². The van der Waals surface area contributed by atoms with Gasteiger partial charge in [-0.05, 0) is 25.0 Å². The quantitative estimate of drug-likeness (QED) is 0.305. The highest BCUT2D eigenvalue weighted by molar-refractivity contribution is 14.1. The number of amides is 1. The van der Waals surface area contributed by atoms with Crippen LogP contribution in [0.4, 0.5) is 5.69 Å². The van der Waals surface area contributed by atoms with Gasteiger partial charge >= 0.3 is 0 Å². The minimum Gasteiger partial charge on any atom is -0.398 e. The van der Waals surface area contributed by atoms with Crippen LogP contribution in [0, 0.1) is 5.92 Å². The lowest BCUT2D eigenvalue weighted by Gasteiger charge is -2.40. The average molecular weight is 482 g/mol. The number of carbonyl (C=O) groups is 1. The molecule has 132 valence electrons. The molecule has 1 atom stereocenters. The van der Waals surface area contributed by atoms with E-state index < -0.39 is 0 Å². The van der Waals surface area contributed by atoms with E-state index in [1.807, 2.05) is 0 Å². The van der Waals surface area contributed by atoms with Gasteiger partial charge in [0.1, 0.15) is 0 Å². The fourth-order valence-corrected chi connectivity index (χ4v) is 5.18. The highest BCUT2D eigenvalue weighted by atomic mass is 127. The Bertz CT molecular complexity index is 622. The molecule has 2 aliphatic rings. The van der Waals surface area contributed by atoms with Gasteiger partial charge in [-0.15, -0.1) is 0 Å². The second-order valence-corrected chi connectivity index (χ2v) is 8.83. The lowest BCUT2D eigenvalue weighted by molar-refractivity contribution is -0.137. The van der Waals surface area contributed by atoms with Crippen LogP contribution in [-0.4, -0.2) is 39.4 Å². The molecule has 1 aromatic rings. The van der Waals surface area contributed by atoms with Gasteiger partial charge in [-0.2, -0.15) is 0 Å². The molecule has 1 aliphatic carbocycles. The van der Waals surface area contributed by atoms with Gasteiger partial charge in [0.15, 0.2) is 0 Å². The number of benzene rings is 1. The molecule has 0 spiro atoms. The Labute approximate surface area is 166 Å². The number of hydrogen-bond donors (Lipinski definition) is 1. The van der Waals surface area contributed by atoms with E-state index in [4.69, 9.17) is 28.9 Å². The summed E-state index contributed by atoms with van der Waals surface area (Å²) in [7, 11) is 0. The maximum atomic E-state index is 12.7. The predicted molar refractivity (Wildman–Crippen MR) is 108 cm³/mol. The highest BCUT2D eigenvalue weighted by Crippen LogP contribution is 2.33. The molecule has 3 rings (SSSR count). The van der Waals surface area contributed by atoms with E-state index in [-0.39, 0.29) is 9.97 Å². The molecule has 0 aromatic heterocycles. The number of anilines is 1. The highest BCUT2D eigenvalue weighted by Gasteiger charge is 2.34. The van der Waals surface area contributed by atoms with Crippen LogP contribution in [0.25, 0.3) is 0 Å². The van der Waals surface area contributed by atoms with Crippen molar-refractivity contribution in [1.29, 1.82) is 0 Å². The Morgan fingerprint density at radius 3 is 2.62 bits per heavy atom. The molecule has 2 N–H and O–H groups in total. The molecule has 1 saturated carbocycles. The number of carbonyl (C=O) groups excluding carboxylic acids is 1. The van der Waals surface area contributed by atoms with E-state index >= 15 is 0 Å². The Kier molecular flexibility index (Phi) is 6.16. The molecule has 1 aromatic carbocycles. The lowest BCUT2D eigenvalue weighted by Crippen LogP contribution is -2.53. The maximum Gasteiger partial charge on any atom is 0.226 e. The molecule has 1 amide bonds. The van der Waals surface area contributed by atoms with Crippen molar-refractivity contribution < 1.29 is 4.79 Å². The SMILES string of the molecule is Nc1ccc(Cl)c(CN2CCN(C(=O)C3CCCC3)[C@@H](I)C2)c1Cl. The van der Waals surface area contributed by atoms with Crippen molar-refractivity contribution in [3.63, 3.8) is 0 Å². The van der Waals surface area contributed by atoms with E-state index in [0.717, 1.165) is 38.0 Å². The van der Waals surface area contributed by atoms with Crippen LogP contribution in [-0.2, 0) is 11.3 Å². The standard InChI is InChI=1S/C17H22Cl2IN3O/c18-13-5-6-14(21)16(19)12(13)9-22-7-8-23(15(20)10-22)17(24)11-3-1-2-4-11/h5-6,11,15H,1-4,7-10,21H2/t15-/m1/s1. The molecule has 0 bridgehead atoms. The smallest absolute Gasteiger partial charge is 0.226 e. The fraction of sp³-hybridized carbons (Fsp3) is 0.588. The minimum absolute atomic E-state index is 0.183. The van der Waals surface area contributed by atoms with Crippen LogP contribution in [0.2, 0.25) is 10.0 Å². The van der Waals surface area contributed by atoms with Crippen molar-refractivity contribution in [2.24, 2.45) is 5.92 Å². The maximum absolute atomic E-state index is 12.7. The first-order valence-corrected chi connectivity index (χ1v) is 10.4. The van der Waals surface area contributed by atoms with Gasteiger partial charge in [0, 0.05) is 42.7 Å². The summed E-state index contributed by atoms with van der Waals surface area (Å²) in [5, 5.41) is 1.18. The van der Waals surface area contributed by atoms with E-state index in [1.54, 1.807) is 12.1 Å². The minimum atomic E-state index is 0.183. The first kappa shape index (κ1) is 18.5. The van der Waals surface area contributed by atoms with Crippen LogP contribution in [0.5, 0.6) is 0 Å². The van der Waals surface area contributed by atoms with Crippen molar-refractivity contribution >= 4 is 57.4 Å². The van der Waals surface area contributed by atoms with E-state index in [0.29, 0.717) is 28.2 Å². The Morgan fingerprint density at radius 2 is 1.96 bits per heavy atom. The largest absolute Gasteiger partial charge is 0.398 e. The van der Waals surface area contributed by atoms with Crippen LogP contribution < -0.4 is 5.73 Å². The topological polar surface area (TPSA) is 49.6 Å². The van der Waals surface area contributed by atoms with Gasteiger partial charge < -0.3 is 10.6 Å². The second kappa shape index (κ2) is 7.98. The van der Waals surface area contributed by atoms with Crippen molar-refractivity contribution in [2.45, 2.75) is 36.3 Å². The number of hydrogen-bond acceptors (Lipinski definition) is 3. The molecule has 1 saturated heterocycles. The molecular weight excluding hydrogens is 460 g/mol. The van der Waals surface area contributed by atoms with Crippen molar-refractivity contribution in [3.05, 3.63) is 27.7 Å². The monoisotopic (exact) mass is 481 g/mol. The second-order valence-electron chi connectivity index (χ2n) is 6.61. The molecule has 24 heavy (non-hydrogen) atoms. The number of halogens is 3. The van der Waals surface area contributed by atoms with Gasteiger partial charge in [-0.3, -0.25) is 9.69 Å². The van der Waals surface area contributed by atoms with Crippen LogP contribution in [0.1, 0.15) is 31.2 Å². The zero-order valence-electron chi connectivity index (χ0n) is 13.5. The molecule has 0 radical (unpaired) electrons. The first-order valence-electron chi connectivity index (χ1n) is 8.36. The normalized spacial score (nSPS) is 23.0. The van der Waals surface area contributed by atoms with E-state index in [1.165, 1.54) is 12.8 Å². The zero-order chi connectivity index (χ0) is 17.3. The molecule has 1 aliphatic heterocycles. The Morgan fingerprint density at radius 1 is 1.25 bits per heavy atom. The summed E-state index contributed by atoms with van der Waals surface area (Å²) in [5.74, 6) is 0.582. The van der Waals surface area contributed by atoms with Gasteiger partial charge in [0.25, 0.3) is 0 Å². The van der Waals surface area contributed by atoms with Crippen LogP contribution in [0.3, 0.4) is 0 Å². The fourth-order valence-electron chi connectivity index (χ4n) is 3.58. The third-order valence-electron chi connectivity index (χ3n) is 4.99. The molecule has 1 heterocycles. The number of nitrogens with zero attached hydrogens (tertiary/aromatic N) is 2. The summed E-state index contributed by atoms with van der Waals surface area (Å²) in [6, 6.07) is 3.52. The number of rotatable bonds is 3. The van der Waals surface area contributed by atoms with Gasteiger partial charge in [-0.25, -0.2) is 0 Å². The van der Waals surface area contributed by atoms with Gasteiger partial charge in [0.2, 0.25) is 5.91 Å². The summed E-state index contributed by atoms with van der Waals surface area (Å²) in [6.45, 7) is 3.08. The Balaban J connectivity index is 1.63. The van der Waals surface area contributed by atoms with Gasteiger partial charge in [-0.1, -0.05) is 58.6 Å². The van der Waals surface area contributed by atoms with Crippen molar-refractivity contribution in [3.8, 4) is 0 Å². The Hall–Kier alpha value is -0.240. The van der Waals surface area contributed by atoms with E-state index in [2.05, 4.69) is 32.4 Å². The molecule has 2 fully saturated rings. The third kappa shape index (κ3) is 3.94. The molecule has 7 heteroatoms. The van der Waals surface area contributed by atoms with Crippen LogP contribution >= 0.6 is 45.8 Å². The third-order valence-corrected chi connectivity index (χ3v) is 6.86. The zero-order valence-corrected chi connectivity index (χ0v) is 17.1. The summed E-state index contributed by atoms with van der Waals surface area (Å²) in [4.78, 5) is 17.0. The van der Waals surface area contributed by atoms with Crippen LogP contribution in [0.15, 0.2) is 12.1 Å².